The van der Waals surface area contributed by atoms with Crippen LogP contribution in [0.4, 0.5) is 15.0 Å². The third-order valence-electron chi connectivity index (χ3n) is 5.09. The quantitative estimate of drug-likeness (QED) is 0.823. The average Bonchev–Trinajstić information content (AvgIpc) is 3.17. The number of aromatic nitrogens is 2. The van der Waals surface area contributed by atoms with Crippen molar-refractivity contribution in [1.29, 1.82) is 0 Å². The molecule has 0 aliphatic carbocycles. The Morgan fingerprint density at radius 2 is 1.87 bits per heavy atom. The molecule has 0 saturated heterocycles. The molecule has 1 aromatic carbocycles. The number of ether oxygens (including phenoxy) is 1. The highest BCUT2D eigenvalue weighted by Crippen LogP contribution is 2.43. The van der Waals surface area contributed by atoms with Gasteiger partial charge in [0.25, 0.3) is 5.91 Å². The van der Waals surface area contributed by atoms with Crippen molar-refractivity contribution in [2.24, 2.45) is 5.92 Å². The number of nitrogens with zero attached hydrogens (tertiary/aromatic N) is 3. The van der Waals surface area contributed by atoms with E-state index in [1.807, 2.05) is 13.8 Å². The largest absolute Gasteiger partial charge is 0.448 e. The maximum atomic E-state index is 13.2. The maximum absolute atomic E-state index is 13.2. The molecular formula is C21H25FN4O4. The molecular weight excluding hydrogens is 391 g/mol. The van der Waals surface area contributed by atoms with Crippen molar-refractivity contribution in [3.63, 3.8) is 0 Å². The molecule has 9 heteroatoms. The number of anilines is 1. The van der Waals surface area contributed by atoms with E-state index >= 15 is 0 Å². The summed E-state index contributed by atoms with van der Waals surface area (Å²) in [6, 6.07) is 5.07. The van der Waals surface area contributed by atoms with E-state index < -0.39 is 23.4 Å². The Hall–Kier alpha value is -3.23. The van der Waals surface area contributed by atoms with Gasteiger partial charge in [0.1, 0.15) is 5.82 Å². The van der Waals surface area contributed by atoms with Crippen molar-refractivity contribution in [3.05, 3.63) is 46.9 Å². The summed E-state index contributed by atoms with van der Waals surface area (Å²) in [5.41, 5.74) is 0.458. The number of fused-ring (bicyclic) bond motifs is 1. The average molecular weight is 416 g/mol. The van der Waals surface area contributed by atoms with Gasteiger partial charge in [-0.2, -0.15) is 4.68 Å². The zero-order valence-corrected chi connectivity index (χ0v) is 17.7. The number of hydrogen-bond acceptors (Lipinski definition) is 5. The van der Waals surface area contributed by atoms with Gasteiger partial charge in [-0.15, -0.1) is 5.10 Å². The second kappa shape index (κ2) is 7.89. The van der Waals surface area contributed by atoms with E-state index in [-0.39, 0.29) is 36.4 Å². The van der Waals surface area contributed by atoms with Crippen LogP contribution in [0, 0.1) is 11.7 Å². The van der Waals surface area contributed by atoms with Gasteiger partial charge in [-0.1, -0.05) is 13.8 Å². The summed E-state index contributed by atoms with van der Waals surface area (Å²) in [4.78, 5) is 39.6. The van der Waals surface area contributed by atoms with E-state index in [0.717, 1.165) is 4.68 Å². The molecule has 0 spiro atoms. The minimum absolute atomic E-state index is 0.0811. The lowest BCUT2D eigenvalue weighted by Crippen LogP contribution is -2.44. The lowest BCUT2D eigenvalue weighted by Gasteiger charge is -2.34. The summed E-state index contributed by atoms with van der Waals surface area (Å²) in [5.74, 6) is -1.11. The molecule has 0 radical (unpaired) electrons. The number of halogens is 1. The summed E-state index contributed by atoms with van der Waals surface area (Å²) in [5, 5.41) is 6.95. The van der Waals surface area contributed by atoms with Gasteiger partial charge in [-0.3, -0.25) is 9.59 Å². The maximum Gasteiger partial charge on any atom is 0.435 e. The molecule has 160 valence electrons. The molecule has 1 N–H and O–H groups in total. The van der Waals surface area contributed by atoms with Gasteiger partial charge in [0.15, 0.2) is 5.82 Å². The number of amides is 2. The van der Waals surface area contributed by atoms with Crippen molar-refractivity contribution in [2.45, 2.75) is 46.7 Å². The molecule has 1 aromatic heterocycles. The van der Waals surface area contributed by atoms with Crippen molar-refractivity contribution < 1.29 is 23.5 Å². The second-order valence-electron chi connectivity index (χ2n) is 7.89. The molecule has 1 aliphatic rings. The van der Waals surface area contributed by atoms with Crippen LogP contribution >= 0.6 is 0 Å². The van der Waals surface area contributed by atoms with Gasteiger partial charge in [0, 0.05) is 17.0 Å². The van der Waals surface area contributed by atoms with E-state index in [1.165, 1.54) is 24.3 Å². The Bertz CT molecular complexity index is 995. The minimum atomic E-state index is -0.838. The lowest BCUT2D eigenvalue weighted by atomic mass is 9.99. The topological polar surface area (TPSA) is 93.5 Å². The van der Waals surface area contributed by atoms with Crippen LogP contribution in [0.15, 0.2) is 24.3 Å². The third-order valence-corrected chi connectivity index (χ3v) is 5.09. The number of benzene rings is 1. The molecule has 1 aliphatic heterocycles. The molecule has 0 fully saturated rings. The number of carbonyl (C=O) groups excluding carboxylic acids is 3. The predicted octanol–water partition coefficient (Wildman–Crippen LogP) is 3.51. The van der Waals surface area contributed by atoms with E-state index in [2.05, 4.69) is 10.4 Å². The number of nitrogens with one attached hydrogen (secondary N) is 1. The van der Waals surface area contributed by atoms with Crippen LogP contribution in [0.5, 0.6) is 0 Å². The number of hydrogen-bond donors (Lipinski definition) is 1. The Labute approximate surface area is 174 Å². The van der Waals surface area contributed by atoms with Gasteiger partial charge in [-0.25, -0.2) is 9.18 Å². The molecule has 2 heterocycles. The minimum Gasteiger partial charge on any atom is -0.448 e. The molecule has 0 saturated carbocycles. The monoisotopic (exact) mass is 416 g/mol. The lowest BCUT2D eigenvalue weighted by molar-refractivity contribution is -0.140. The fourth-order valence-corrected chi connectivity index (χ4v) is 3.58. The number of carbonyl (C=O) groups is 3. The summed E-state index contributed by atoms with van der Waals surface area (Å²) in [6.07, 6.45) is -0.692. The third kappa shape index (κ3) is 3.67. The van der Waals surface area contributed by atoms with Crippen LogP contribution < -0.4 is 5.32 Å². The Balaban J connectivity index is 2.03. The zero-order chi connectivity index (χ0) is 22.2. The SMILES string of the molecule is CCOC(=O)n1nc(NC(=O)c2ccc(F)cc2)c2c1C(C)(C)N(C(=O)C(C)C)C2. The van der Waals surface area contributed by atoms with Crippen LogP contribution in [0.3, 0.4) is 0 Å². The number of rotatable bonds is 4. The second-order valence-corrected chi connectivity index (χ2v) is 7.89. The van der Waals surface area contributed by atoms with E-state index in [9.17, 15) is 18.8 Å². The summed E-state index contributed by atoms with van der Waals surface area (Å²) in [6.45, 7) is 9.27. The first kappa shape index (κ1) is 21.5. The molecule has 3 rings (SSSR count). The summed E-state index contributed by atoms with van der Waals surface area (Å²) >= 11 is 0. The van der Waals surface area contributed by atoms with Crippen LogP contribution in [0.1, 0.15) is 56.2 Å². The molecule has 0 unspecified atom stereocenters. The van der Waals surface area contributed by atoms with Gasteiger partial charge in [0.2, 0.25) is 5.91 Å². The highest BCUT2D eigenvalue weighted by Gasteiger charge is 2.47. The zero-order valence-electron chi connectivity index (χ0n) is 17.7. The predicted molar refractivity (Wildman–Crippen MR) is 107 cm³/mol. The highest BCUT2D eigenvalue weighted by molar-refractivity contribution is 6.04. The smallest absolute Gasteiger partial charge is 0.435 e. The molecule has 30 heavy (non-hydrogen) atoms. The van der Waals surface area contributed by atoms with Gasteiger partial charge in [-0.05, 0) is 45.0 Å². The molecule has 0 bridgehead atoms. The summed E-state index contributed by atoms with van der Waals surface area (Å²) in [7, 11) is 0. The van der Waals surface area contributed by atoms with E-state index in [0.29, 0.717) is 11.3 Å². The first-order chi connectivity index (χ1) is 14.1. The van der Waals surface area contributed by atoms with Crippen LogP contribution in [0.2, 0.25) is 0 Å². The van der Waals surface area contributed by atoms with Crippen molar-refractivity contribution in [2.75, 3.05) is 11.9 Å². The standard InChI is InChI=1S/C21H25FN4O4/c1-6-30-20(29)26-16-15(11-25(21(16,4)5)19(28)12(2)3)17(24-26)23-18(27)13-7-9-14(22)10-8-13/h7-10,12H,6,11H2,1-5H3,(H,23,24,27). The molecule has 2 aromatic rings. The summed E-state index contributed by atoms with van der Waals surface area (Å²) < 4.78 is 19.4. The first-order valence-electron chi connectivity index (χ1n) is 9.75. The van der Waals surface area contributed by atoms with Crippen LogP contribution in [0.25, 0.3) is 0 Å². The van der Waals surface area contributed by atoms with Gasteiger partial charge in [0.05, 0.1) is 24.4 Å². The highest BCUT2D eigenvalue weighted by atomic mass is 19.1. The van der Waals surface area contributed by atoms with Crippen molar-refractivity contribution >= 4 is 23.7 Å². The Kier molecular flexibility index (Phi) is 5.65. The van der Waals surface area contributed by atoms with Crippen molar-refractivity contribution in [3.8, 4) is 0 Å². The van der Waals surface area contributed by atoms with Crippen molar-refractivity contribution in [1.82, 2.24) is 14.7 Å². The van der Waals surface area contributed by atoms with Gasteiger partial charge >= 0.3 is 6.09 Å². The fraction of sp³-hybridized carbons (Fsp3) is 0.429. The van der Waals surface area contributed by atoms with Crippen LogP contribution in [-0.4, -0.2) is 39.2 Å². The normalized spacial score (nSPS) is 14.6. The molecule has 8 nitrogen and oxygen atoms in total. The van der Waals surface area contributed by atoms with E-state index in [4.69, 9.17) is 4.74 Å². The Morgan fingerprint density at radius 3 is 2.43 bits per heavy atom. The van der Waals surface area contributed by atoms with Gasteiger partial charge < -0.3 is 15.0 Å². The van der Waals surface area contributed by atoms with Crippen LogP contribution in [-0.2, 0) is 21.6 Å². The molecule has 0 atom stereocenters. The fourth-order valence-electron chi connectivity index (χ4n) is 3.58. The first-order valence-corrected chi connectivity index (χ1v) is 9.75. The Morgan fingerprint density at radius 1 is 1.23 bits per heavy atom. The molecule has 2 amide bonds. The van der Waals surface area contributed by atoms with E-state index in [1.54, 1.807) is 25.7 Å².